The maximum absolute atomic E-state index is 12.7. The van der Waals surface area contributed by atoms with Gasteiger partial charge in [0.2, 0.25) is 15.9 Å². The van der Waals surface area contributed by atoms with E-state index in [4.69, 9.17) is 4.74 Å². The Kier molecular flexibility index (Phi) is 7.31. The number of benzene rings is 2. The zero-order valence-corrected chi connectivity index (χ0v) is 19.2. The summed E-state index contributed by atoms with van der Waals surface area (Å²) >= 11 is 1.47. The smallest absolute Gasteiger partial charge is 0.243 e. The summed E-state index contributed by atoms with van der Waals surface area (Å²) in [7, 11) is -3.50. The van der Waals surface area contributed by atoms with Gasteiger partial charge < -0.3 is 10.1 Å². The Morgan fingerprint density at radius 3 is 2.47 bits per heavy atom. The molecular formula is C23H25N3O4S2. The highest BCUT2D eigenvalue weighted by atomic mass is 32.2. The number of carbonyl (C=O) groups excluding carboxylic acids is 1. The second-order valence-electron chi connectivity index (χ2n) is 7.50. The highest BCUT2D eigenvalue weighted by molar-refractivity contribution is 7.89. The minimum atomic E-state index is -3.50. The van der Waals surface area contributed by atoms with Crippen molar-refractivity contribution in [3.05, 3.63) is 76.8 Å². The summed E-state index contributed by atoms with van der Waals surface area (Å²) in [5, 5.41) is 3.44. The molecule has 1 fully saturated rings. The number of thiazole rings is 1. The highest BCUT2D eigenvalue weighted by Gasteiger charge is 2.26. The molecule has 1 amide bonds. The molecule has 168 valence electrons. The summed E-state index contributed by atoms with van der Waals surface area (Å²) in [5.41, 5.74) is 2.11. The number of nitrogens with one attached hydrogen (secondary N) is 1. The number of aryl methyl sites for hydroxylation is 1. The van der Waals surface area contributed by atoms with Crippen LogP contribution in [0.25, 0.3) is 0 Å². The molecular weight excluding hydrogens is 446 g/mol. The predicted molar refractivity (Wildman–Crippen MR) is 124 cm³/mol. The van der Waals surface area contributed by atoms with E-state index >= 15 is 0 Å². The number of hydrogen-bond donors (Lipinski definition) is 1. The first-order chi connectivity index (χ1) is 15.5. The fraction of sp³-hybridized carbons (Fsp3) is 0.304. The van der Waals surface area contributed by atoms with Gasteiger partial charge in [-0.1, -0.05) is 42.5 Å². The third kappa shape index (κ3) is 5.80. The van der Waals surface area contributed by atoms with Crippen molar-refractivity contribution in [1.82, 2.24) is 9.29 Å². The second kappa shape index (κ2) is 10.4. The van der Waals surface area contributed by atoms with Crippen LogP contribution in [0.2, 0.25) is 0 Å². The van der Waals surface area contributed by atoms with Crippen LogP contribution < -0.4 is 5.32 Å². The standard InChI is InChI=1S/C23H25N3O4S2/c27-22(25-23-24-17-20(31-23)16-19-4-2-1-3-5-19)11-8-18-6-9-21(10-7-18)32(28,29)26-12-14-30-15-13-26/h1-7,9-10,17H,8,11-16H2,(H,24,25,27). The number of morpholine rings is 1. The van der Waals surface area contributed by atoms with Gasteiger partial charge >= 0.3 is 0 Å². The van der Waals surface area contributed by atoms with Gasteiger partial charge in [0.1, 0.15) is 0 Å². The van der Waals surface area contributed by atoms with Crippen LogP contribution in [0.3, 0.4) is 0 Å². The normalized spacial score (nSPS) is 14.9. The minimum Gasteiger partial charge on any atom is -0.379 e. The van der Waals surface area contributed by atoms with E-state index in [0.717, 1.165) is 16.9 Å². The molecule has 1 aliphatic rings. The summed E-state index contributed by atoms with van der Waals surface area (Å²) in [6, 6.07) is 16.9. The van der Waals surface area contributed by atoms with Gasteiger partial charge in [-0.05, 0) is 29.7 Å². The van der Waals surface area contributed by atoms with E-state index in [2.05, 4.69) is 22.4 Å². The summed E-state index contributed by atoms with van der Waals surface area (Å²) in [6.07, 6.45) is 3.39. The van der Waals surface area contributed by atoms with Crippen molar-refractivity contribution in [2.45, 2.75) is 24.2 Å². The van der Waals surface area contributed by atoms with Crippen LogP contribution in [-0.2, 0) is 32.4 Å². The molecule has 1 aliphatic heterocycles. The molecule has 1 aromatic heterocycles. The molecule has 0 aliphatic carbocycles. The number of hydrogen-bond acceptors (Lipinski definition) is 6. The second-order valence-corrected chi connectivity index (χ2v) is 10.6. The summed E-state index contributed by atoms with van der Waals surface area (Å²) in [5.74, 6) is -0.115. The van der Waals surface area contributed by atoms with Crippen LogP contribution in [0.5, 0.6) is 0 Å². The first kappa shape index (κ1) is 22.6. The minimum absolute atomic E-state index is 0.115. The van der Waals surface area contributed by atoms with Crippen molar-refractivity contribution >= 4 is 32.4 Å². The Morgan fingerprint density at radius 1 is 1.03 bits per heavy atom. The average molecular weight is 472 g/mol. The molecule has 1 N–H and O–H groups in total. The molecule has 32 heavy (non-hydrogen) atoms. The highest BCUT2D eigenvalue weighted by Crippen LogP contribution is 2.22. The molecule has 0 atom stereocenters. The molecule has 4 rings (SSSR count). The lowest BCUT2D eigenvalue weighted by molar-refractivity contribution is -0.116. The van der Waals surface area contributed by atoms with Crippen molar-refractivity contribution in [2.24, 2.45) is 0 Å². The van der Waals surface area contributed by atoms with Crippen LogP contribution in [-0.4, -0.2) is 49.9 Å². The van der Waals surface area contributed by atoms with Gasteiger partial charge in [-0.3, -0.25) is 4.79 Å². The summed E-state index contributed by atoms with van der Waals surface area (Å²) < 4.78 is 32.0. The first-order valence-corrected chi connectivity index (χ1v) is 12.7. The Bertz CT molecular complexity index is 1140. The summed E-state index contributed by atoms with van der Waals surface area (Å²) in [4.78, 5) is 18.0. The van der Waals surface area contributed by atoms with E-state index in [1.165, 1.54) is 21.2 Å². The summed E-state index contributed by atoms with van der Waals surface area (Å²) in [6.45, 7) is 1.57. The van der Waals surface area contributed by atoms with Gasteiger partial charge in [0.05, 0.1) is 18.1 Å². The van der Waals surface area contributed by atoms with Gasteiger partial charge in [0.15, 0.2) is 5.13 Å². The molecule has 7 nitrogen and oxygen atoms in total. The third-order valence-corrected chi connectivity index (χ3v) is 8.02. The monoisotopic (exact) mass is 471 g/mol. The van der Waals surface area contributed by atoms with Gasteiger partial charge in [0, 0.05) is 37.0 Å². The number of sulfonamides is 1. The van der Waals surface area contributed by atoms with Gasteiger partial charge in [0.25, 0.3) is 0 Å². The van der Waals surface area contributed by atoms with Crippen LogP contribution in [0.4, 0.5) is 5.13 Å². The molecule has 0 bridgehead atoms. The lowest BCUT2D eigenvalue weighted by Crippen LogP contribution is -2.40. The molecule has 1 saturated heterocycles. The SMILES string of the molecule is O=C(CCc1ccc(S(=O)(=O)N2CCOCC2)cc1)Nc1ncc(Cc2ccccc2)s1. The maximum atomic E-state index is 12.7. The molecule has 0 saturated carbocycles. The molecule has 0 radical (unpaired) electrons. The van der Waals surface area contributed by atoms with E-state index < -0.39 is 10.0 Å². The van der Waals surface area contributed by atoms with Crippen molar-refractivity contribution in [3.8, 4) is 0 Å². The van der Waals surface area contributed by atoms with E-state index in [9.17, 15) is 13.2 Å². The fourth-order valence-corrected chi connectivity index (χ4v) is 5.72. The lowest BCUT2D eigenvalue weighted by Gasteiger charge is -2.26. The predicted octanol–water partition coefficient (Wildman–Crippen LogP) is 3.33. The van der Waals surface area contributed by atoms with Crippen molar-refractivity contribution in [3.63, 3.8) is 0 Å². The third-order valence-electron chi connectivity index (χ3n) is 5.19. The molecule has 2 aromatic carbocycles. The van der Waals surface area contributed by atoms with E-state index in [1.54, 1.807) is 30.5 Å². The number of aromatic nitrogens is 1. The van der Waals surface area contributed by atoms with Crippen LogP contribution in [0.1, 0.15) is 22.4 Å². The van der Waals surface area contributed by atoms with Crippen LogP contribution in [0.15, 0.2) is 65.7 Å². The van der Waals surface area contributed by atoms with Crippen molar-refractivity contribution in [1.29, 1.82) is 0 Å². The van der Waals surface area contributed by atoms with Crippen molar-refractivity contribution in [2.75, 3.05) is 31.6 Å². The number of ether oxygens (including phenoxy) is 1. The zero-order chi connectivity index (χ0) is 22.4. The Morgan fingerprint density at radius 2 is 1.75 bits per heavy atom. The number of carbonyl (C=O) groups is 1. The Balaban J connectivity index is 1.28. The molecule has 0 spiro atoms. The number of rotatable bonds is 8. The lowest BCUT2D eigenvalue weighted by atomic mass is 10.1. The number of nitrogens with zero attached hydrogens (tertiary/aromatic N) is 2. The first-order valence-electron chi connectivity index (χ1n) is 10.5. The maximum Gasteiger partial charge on any atom is 0.243 e. The van der Waals surface area contributed by atoms with Gasteiger partial charge in [-0.15, -0.1) is 11.3 Å². The largest absolute Gasteiger partial charge is 0.379 e. The average Bonchev–Trinajstić information content (AvgIpc) is 3.25. The van der Waals surface area contributed by atoms with E-state index in [1.807, 2.05) is 18.2 Å². The van der Waals surface area contributed by atoms with Gasteiger partial charge in [-0.25, -0.2) is 13.4 Å². The number of anilines is 1. The topological polar surface area (TPSA) is 88.6 Å². The number of amides is 1. The molecule has 2 heterocycles. The Labute approximate surface area is 192 Å². The quantitative estimate of drug-likeness (QED) is 0.544. The fourth-order valence-electron chi connectivity index (χ4n) is 3.45. The molecule has 9 heteroatoms. The van der Waals surface area contributed by atoms with E-state index in [0.29, 0.717) is 44.3 Å². The molecule has 3 aromatic rings. The molecule has 0 unspecified atom stereocenters. The zero-order valence-electron chi connectivity index (χ0n) is 17.6. The van der Waals surface area contributed by atoms with Gasteiger partial charge in [-0.2, -0.15) is 4.31 Å². The van der Waals surface area contributed by atoms with Crippen LogP contribution in [0, 0.1) is 0 Å². The van der Waals surface area contributed by atoms with Crippen LogP contribution >= 0.6 is 11.3 Å². The van der Waals surface area contributed by atoms with Crippen molar-refractivity contribution < 1.29 is 17.9 Å². The Hall–Kier alpha value is -2.59. The van der Waals surface area contributed by atoms with E-state index in [-0.39, 0.29) is 10.8 Å².